The third-order valence-electron chi connectivity index (χ3n) is 6.31. The van der Waals surface area contributed by atoms with Gasteiger partial charge in [0.15, 0.2) is 5.13 Å². The van der Waals surface area contributed by atoms with Crippen molar-refractivity contribution in [1.29, 1.82) is 0 Å². The number of hydrogen-bond acceptors (Lipinski definition) is 4. The molecule has 1 aliphatic rings. The van der Waals surface area contributed by atoms with Crippen molar-refractivity contribution in [3.63, 3.8) is 0 Å². The van der Waals surface area contributed by atoms with Gasteiger partial charge in [-0.2, -0.15) is 0 Å². The molecule has 0 spiro atoms. The molecule has 0 radical (unpaired) electrons. The number of hydrogen-bond donors (Lipinski definition) is 1. The van der Waals surface area contributed by atoms with Crippen molar-refractivity contribution in [3.8, 4) is 29.4 Å². The predicted molar refractivity (Wildman–Crippen MR) is 136 cm³/mol. The molecule has 2 atom stereocenters. The summed E-state index contributed by atoms with van der Waals surface area (Å²) in [5, 5.41) is 4.79. The van der Waals surface area contributed by atoms with Crippen LogP contribution in [-0.2, 0) is 0 Å². The van der Waals surface area contributed by atoms with E-state index in [0.717, 1.165) is 44.6 Å². The van der Waals surface area contributed by atoms with Crippen molar-refractivity contribution in [3.05, 3.63) is 62.7 Å². The Morgan fingerprint density at radius 2 is 2.00 bits per heavy atom. The molecule has 0 saturated heterocycles. The van der Waals surface area contributed by atoms with Gasteiger partial charge in [-0.25, -0.2) is 9.37 Å². The number of ether oxygens (including phenoxy) is 1. The van der Waals surface area contributed by atoms with E-state index in [9.17, 15) is 4.39 Å². The standard InChI is InChI=1S/C27H28ClFN2OS/c1-6-24(20(12-18-8-9-18)19-10-7-15(2)23(29)13-19)30-27-31-26(17(4)33-27)21-11-16(3)25(32-5)14-22(21)28/h1,7,10-11,13-14,18,20,24H,8-9,12H2,2-5H3,(H,30,31). The van der Waals surface area contributed by atoms with Gasteiger partial charge in [0.1, 0.15) is 11.6 Å². The number of anilines is 1. The Kier molecular flexibility index (Phi) is 6.97. The second-order valence-electron chi connectivity index (χ2n) is 8.81. The zero-order valence-corrected chi connectivity index (χ0v) is 20.9. The van der Waals surface area contributed by atoms with Crippen molar-refractivity contribution >= 4 is 28.1 Å². The van der Waals surface area contributed by atoms with Gasteiger partial charge in [-0.3, -0.25) is 0 Å². The SMILES string of the molecule is C#CC(Nc1nc(-c2cc(C)c(OC)cc2Cl)c(C)s1)C(CC1CC1)c1ccc(C)c(F)c1. The highest BCUT2D eigenvalue weighted by Crippen LogP contribution is 2.42. The maximum atomic E-state index is 14.4. The maximum absolute atomic E-state index is 14.4. The number of thiazole rings is 1. The Balaban J connectivity index is 1.63. The lowest BCUT2D eigenvalue weighted by atomic mass is 9.86. The third-order valence-corrected chi connectivity index (χ3v) is 7.52. The molecule has 6 heteroatoms. The first-order chi connectivity index (χ1) is 15.8. The van der Waals surface area contributed by atoms with Crippen molar-refractivity contribution < 1.29 is 9.13 Å². The van der Waals surface area contributed by atoms with Crippen LogP contribution in [0.1, 0.15) is 46.7 Å². The van der Waals surface area contributed by atoms with E-state index in [1.165, 1.54) is 12.8 Å². The predicted octanol–water partition coefficient (Wildman–Crippen LogP) is 7.53. The molecular weight excluding hydrogens is 455 g/mol. The fourth-order valence-corrected chi connectivity index (χ4v) is 5.29. The van der Waals surface area contributed by atoms with E-state index in [2.05, 4.69) is 11.2 Å². The summed E-state index contributed by atoms with van der Waals surface area (Å²) < 4.78 is 19.7. The monoisotopic (exact) mass is 482 g/mol. The number of nitrogens with one attached hydrogen (secondary N) is 1. The summed E-state index contributed by atoms with van der Waals surface area (Å²) in [6.07, 6.45) is 9.34. The minimum atomic E-state index is -0.292. The van der Waals surface area contributed by atoms with Gasteiger partial charge in [0.25, 0.3) is 0 Å². The first kappa shape index (κ1) is 23.6. The van der Waals surface area contributed by atoms with E-state index in [1.807, 2.05) is 38.1 Å². The van der Waals surface area contributed by atoms with E-state index < -0.39 is 0 Å². The van der Waals surface area contributed by atoms with Crippen LogP contribution < -0.4 is 10.1 Å². The molecule has 2 unspecified atom stereocenters. The maximum Gasteiger partial charge on any atom is 0.184 e. The van der Waals surface area contributed by atoms with Gasteiger partial charge in [0, 0.05) is 16.4 Å². The summed E-state index contributed by atoms with van der Waals surface area (Å²) in [6.45, 7) is 5.78. The van der Waals surface area contributed by atoms with Crippen LogP contribution in [0.4, 0.5) is 9.52 Å². The van der Waals surface area contributed by atoms with Gasteiger partial charge in [0.05, 0.1) is 23.9 Å². The first-order valence-electron chi connectivity index (χ1n) is 11.1. The average Bonchev–Trinajstić information content (AvgIpc) is 3.54. The fourth-order valence-electron chi connectivity index (χ4n) is 4.18. The smallest absolute Gasteiger partial charge is 0.184 e. The summed E-state index contributed by atoms with van der Waals surface area (Å²) in [5.41, 5.74) is 4.26. The molecule has 1 fully saturated rings. The molecule has 172 valence electrons. The van der Waals surface area contributed by atoms with Crippen LogP contribution >= 0.6 is 22.9 Å². The number of benzene rings is 2. The molecule has 0 bridgehead atoms. The van der Waals surface area contributed by atoms with Gasteiger partial charge >= 0.3 is 0 Å². The zero-order chi connectivity index (χ0) is 23.7. The summed E-state index contributed by atoms with van der Waals surface area (Å²) in [6, 6.07) is 8.98. The Labute approximate surface area is 204 Å². The topological polar surface area (TPSA) is 34.2 Å². The molecular formula is C27H28ClFN2OS. The second kappa shape index (κ2) is 9.75. The molecule has 33 heavy (non-hydrogen) atoms. The van der Waals surface area contributed by atoms with Crippen molar-refractivity contribution in [1.82, 2.24) is 4.98 Å². The zero-order valence-electron chi connectivity index (χ0n) is 19.3. The lowest BCUT2D eigenvalue weighted by Gasteiger charge is -2.25. The summed E-state index contributed by atoms with van der Waals surface area (Å²) in [4.78, 5) is 5.88. The third kappa shape index (κ3) is 5.18. The minimum Gasteiger partial charge on any atom is -0.496 e. The molecule has 2 aromatic carbocycles. The minimum absolute atomic E-state index is 0.0112. The van der Waals surface area contributed by atoms with Crippen LogP contribution in [-0.4, -0.2) is 18.1 Å². The van der Waals surface area contributed by atoms with Crippen LogP contribution in [0.25, 0.3) is 11.3 Å². The highest BCUT2D eigenvalue weighted by molar-refractivity contribution is 7.16. The normalized spacial score (nSPS) is 15.1. The molecule has 1 aliphatic carbocycles. The number of halogens is 2. The van der Waals surface area contributed by atoms with Crippen LogP contribution in [0.5, 0.6) is 5.75 Å². The second-order valence-corrected chi connectivity index (χ2v) is 10.4. The van der Waals surface area contributed by atoms with Crippen LogP contribution in [0.3, 0.4) is 0 Å². The Hall–Kier alpha value is -2.55. The lowest BCUT2D eigenvalue weighted by molar-refractivity contribution is 0.412. The summed E-state index contributed by atoms with van der Waals surface area (Å²) in [5.74, 6) is 4.12. The lowest BCUT2D eigenvalue weighted by Crippen LogP contribution is -2.26. The Bertz CT molecular complexity index is 1210. The summed E-state index contributed by atoms with van der Waals surface area (Å²) >= 11 is 8.10. The Morgan fingerprint density at radius 3 is 2.64 bits per heavy atom. The highest BCUT2D eigenvalue weighted by atomic mass is 35.5. The molecule has 1 heterocycles. The number of aromatic nitrogens is 1. The van der Waals surface area contributed by atoms with Crippen LogP contribution in [0.2, 0.25) is 5.02 Å². The molecule has 1 N–H and O–H groups in total. The van der Waals surface area contributed by atoms with Gasteiger partial charge in [-0.15, -0.1) is 17.8 Å². The van der Waals surface area contributed by atoms with E-state index in [-0.39, 0.29) is 17.8 Å². The molecule has 4 rings (SSSR count). The Morgan fingerprint density at radius 1 is 1.24 bits per heavy atom. The van der Waals surface area contributed by atoms with Crippen molar-refractivity contribution in [2.24, 2.45) is 5.92 Å². The van der Waals surface area contributed by atoms with E-state index >= 15 is 0 Å². The molecule has 3 aromatic rings. The van der Waals surface area contributed by atoms with Crippen molar-refractivity contribution in [2.75, 3.05) is 12.4 Å². The number of terminal acetylenes is 1. The number of nitrogens with zero attached hydrogens (tertiary/aromatic N) is 1. The van der Waals surface area contributed by atoms with Crippen LogP contribution in [0, 0.1) is 44.9 Å². The number of rotatable bonds is 8. The molecule has 1 saturated carbocycles. The number of aryl methyl sites for hydroxylation is 3. The first-order valence-corrected chi connectivity index (χ1v) is 12.3. The van der Waals surface area contributed by atoms with Crippen LogP contribution in [0.15, 0.2) is 30.3 Å². The quantitative estimate of drug-likeness (QED) is 0.337. The molecule has 1 aromatic heterocycles. The van der Waals surface area contributed by atoms with Gasteiger partial charge < -0.3 is 10.1 Å². The number of methoxy groups -OCH3 is 1. The highest BCUT2D eigenvalue weighted by Gasteiger charge is 2.31. The largest absolute Gasteiger partial charge is 0.496 e. The van der Waals surface area contributed by atoms with Gasteiger partial charge in [-0.1, -0.05) is 42.5 Å². The van der Waals surface area contributed by atoms with Crippen molar-refractivity contribution in [2.45, 2.75) is 52.0 Å². The van der Waals surface area contributed by atoms with Gasteiger partial charge in [0.2, 0.25) is 0 Å². The molecule has 0 aliphatic heterocycles. The average molecular weight is 483 g/mol. The molecule has 3 nitrogen and oxygen atoms in total. The van der Waals surface area contributed by atoms with E-state index in [4.69, 9.17) is 27.7 Å². The van der Waals surface area contributed by atoms with E-state index in [0.29, 0.717) is 16.5 Å². The van der Waals surface area contributed by atoms with Gasteiger partial charge in [-0.05, 0) is 68.0 Å². The summed E-state index contributed by atoms with van der Waals surface area (Å²) in [7, 11) is 1.63. The fraction of sp³-hybridized carbons (Fsp3) is 0.370. The molecule has 0 amide bonds. The van der Waals surface area contributed by atoms with E-state index in [1.54, 1.807) is 31.4 Å².